The van der Waals surface area contributed by atoms with E-state index in [1.807, 2.05) is 38.1 Å². The Morgan fingerprint density at radius 3 is 2.27 bits per heavy atom. The minimum atomic E-state index is -3.06. The Balaban J connectivity index is 0.000000365. The molecule has 1 atom stereocenters. The number of alkyl halides is 2. The van der Waals surface area contributed by atoms with Gasteiger partial charge in [-0.25, -0.2) is 28.5 Å². The van der Waals surface area contributed by atoms with Gasteiger partial charge in [0.2, 0.25) is 11.8 Å². The van der Waals surface area contributed by atoms with Gasteiger partial charge in [0.15, 0.2) is 11.5 Å². The van der Waals surface area contributed by atoms with Gasteiger partial charge in [-0.15, -0.1) is 0 Å². The fourth-order valence-electron chi connectivity index (χ4n) is 7.25. The van der Waals surface area contributed by atoms with Crippen LogP contribution >= 0.6 is 23.2 Å². The molecule has 1 amide bonds. The van der Waals surface area contributed by atoms with Crippen LogP contribution in [0.25, 0.3) is 33.4 Å². The van der Waals surface area contributed by atoms with E-state index in [1.54, 1.807) is 25.3 Å². The standard InChI is InChI=1S/C30H24Cl2F2N6O3.C7H12N2O.C2H6/c1-39-27-21(29(41)40(2)30(39)42)25(37-26(38-27)24(33)34)35-19-12-6-10-17(23(19)32)16-9-5-11-18(22(16)31)20-13-14-7-4-8-15(14)28(36-20)43-3;10-6-1-2-7(9-6)3-4-8-5-7;1-2/h5-6,9-13,24H,4,7-8H2,1-3H3,(H,35,37,38);8H,1-5H2,(H,9,10);1-2H3. The van der Waals surface area contributed by atoms with Crippen molar-refractivity contribution >= 4 is 51.6 Å². The fraction of sp³-hybridized carbons (Fsp3) is 0.385. The fourth-order valence-corrected chi connectivity index (χ4v) is 7.85. The quantitative estimate of drug-likeness (QED) is 0.167. The van der Waals surface area contributed by atoms with Gasteiger partial charge >= 0.3 is 5.69 Å². The number of amides is 1. The highest BCUT2D eigenvalue weighted by atomic mass is 35.5. The molecule has 0 saturated carbocycles. The number of benzene rings is 2. The van der Waals surface area contributed by atoms with Gasteiger partial charge in [0.1, 0.15) is 11.2 Å². The van der Waals surface area contributed by atoms with Crippen molar-refractivity contribution in [3.05, 3.63) is 90.3 Å². The Kier molecular flexibility index (Phi) is 11.9. The number of nitrogens with one attached hydrogen (secondary N) is 3. The van der Waals surface area contributed by atoms with Crippen molar-refractivity contribution in [1.29, 1.82) is 0 Å². The Bertz CT molecular complexity index is 2400. The van der Waals surface area contributed by atoms with Crippen molar-refractivity contribution in [3.63, 3.8) is 0 Å². The normalized spacial score (nSPS) is 17.1. The smallest absolute Gasteiger partial charge is 0.332 e. The zero-order chi connectivity index (χ0) is 39.6. The monoisotopic (exact) mass is 794 g/mol. The third-order valence-corrected chi connectivity index (χ3v) is 10.9. The Hall–Kier alpha value is -4.92. The van der Waals surface area contributed by atoms with E-state index in [0.717, 1.165) is 66.3 Å². The third-order valence-electron chi connectivity index (χ3n) is 10.1. The van der Waals surface area contributed by atoms with Crippen molar-refractivity contribution in [2.45, 2.75) is 64.3 Å². The second-order valence-corrected chi connectivity index (χ2v) is 14.1. The summed E-state index contributed by atoms with van der Waals surface area (Å²) in [6.07, 6.45) is 2.68. The van der Waals surface area contributed by atoms with Crippen molar-refractivity contribution in [2.75, 3.05) is 25.5 Å². The molecular formula is C39H42Cl2F2N8O4. The topological polar surface area (TPSA) is 145 Å². The average Bonchev–Trinajstić information content (AvgIpc) is 3.96. The zero-order valence-electron chi connectivity index (χ0n) is 31.2. The van der Waals surface area contributed by atoms with E-state index in [2.05, 4.69) is 25.9 Å². The van der Waals surface area contributed by atoms with Crippen molar-refractivity contribution in [2.24, 2.45) is 14.1 Å². The lowest BCUT2D eigenvalue weighted by Crippen LogP contribution is -2.43. The number of carbonyl (C=O) groups excluding carboxylic acids is 1. The number of halogens is 4. The molecule has 1 aliphatic carbocycles. The maximum Gasteiger partial charge on any atom is 0.332 e. The first-order chi connectivity index (χ1) is 26.4. The van der Waals surface area contributed by atoms with E-state index in [0.29, 0.717) is 33.3 Å². The Morgan fingerprint density at radius 2 is 1.62 bits per heavy atom. The SMILES string of the molecule is CC.COc1nc(-c2cccc(-c3cccc(Nc4nc(C(F)F)nc5c4c(=O)n(C)c(=O)n5C)c3Cl)c2Cl)cc2c1CCC2.O=C1CCC2(CCNC2)N1. The van der Waals surface area contributed by atoms with E-state index in [1.165, 1.54) is 19.7 Å². The third kappa shape index (κ3) is 7.67. The van der Waals surface area contributed by atoms with E-state index >= 15 is 0 Å². The van der Waals surface area contributed by atoms with Crippen molar-refractivity contribution < 1.29 is 18.3 Å². The van der Waals surface area contributed by atoms with Crippen LogP contribution in [-0.4, -0.2) is 55.7 Å². The number of hydrogen-bond donors (Lipinski definition) is 3. The van der Waals surface area contributed by atoms with E-state index < -0.39 is 23.5 Å². The van der Waals surface area contributed by atoms with Gasteiger partial charge in [0.05, 0.1) is 34.1 Å². The molecule has 3 aromatic heterocycles. The van der Waals surface area contributed by atoms with Gasteiger partial charge < -0.3 is 20.7 Å². The molecule has 55 heavy (non-hydrogen) atoms. The number of hydrogen-bond acceptors (Lipinski definition) is 9. The molecule has 1 unspecified atom stereocenters. The molecule has 5 aromatic rings. The Labute approximate surface area is 326 Å². The summed E-state index contributed by atoms with van der Waals surface area (Å²) < 4.78 is 34.9. The van der Waals surface area contributed by atoms with E-state index in [4.69, 9.17) is 32.9 Å². The van der Waals surface area contributed by atoms with Crippen LogP contribution in [0, 0.1) is 0 Å². The molecule has 3 N–H and O–H groups in total. The number of carbonyl (C=O) groups is 1. The molecular weight excluding hydrogens is 753 g/mol. The predicted molar refractivity (Wildman–Crippen MR) is 211 cm³/mol. The number of ether oxygens (including phenoxy) is 1. The van der Waals surface area contributed by atoms with Crippen LogP contribution in [0.15, 0.2) is 52.1 Å². The molecule has 5 heterocycles. The van der Waals surface area contributed by atoms with Crippen LogP contribution in [0.1, 0.15) is 62.9 Å². The first-order valence-electron chi connectivity index (χ1n) is 18.1. The van der Waals surface area contributed by atoms with Gasteiger partial charge in [0, 0.05) is 49.3 Å². The summed E-state index contributed by atoms with van der Waals surface area (Å²) in [7, 11) is 4.22. The van der Waals surface area contributed by atoms with Crippen LogP contribution in [-0.2, 0) is 31.7 Å². The highest BCUT2D eigenvalue weighted by Gasteiger charge is 2.39. The number of rotatable bonds is 6. The van der Waals surface area contributed by atoms with Crippen molar-refractivity contribution in [1.82, 2.24) is 34.7 Å². The van der Waals surface area contributed by atoms with Gasteiger partial charge in [0.25, 0.3) is 12.0 Å². The summed E-state index contributed by atoms with van der Waals surface area (Å²) in [4.78, 5) is 48.9. The maximum absolute atomic E-state index is 13.8. The van der Waals surface area contributed by atoms with E-state index in [-0.39, 0.29) is 39.0 Å². The molecule has 8 rings (SSSR count). The number of methoxy groups -OCH3 is 1. The summed E-state index contributed by atoms with van der Waals surface area (Å²) in [5, 5.41) is 9.68. The second kappa shape index (κ2) is 16.4. The number of anilines is 2. The molecule has 0 radical (unpaired) electrons. The van der Waals surface area contributed by atoms with Crippen LogP contribution in [0.3, 0.4) is 0 Å². The lowest BCUT2D eigenvalue weighted by atomic mass is 9.97. The summed E-state index contributed by atoms with van der Waals surface area (Å²) in [5.41, 5.74) is 3.52. The van der Waals surface area contributed by atoms with Gasteiger partial charge in [-0.1, -0.05) is 67.4 Å². The molecule has 2 fully saturated rings. The highest BCUT2D eigenvalue weighted by molar-refractivity contribution is 6.39. The van der Waals surface area contributed by atoms with Gasteiger partial charge in [-0.2, -0.15) is 0 Å². The van der Waals surface area contributed by atoms with Gasteiger partial charge in [-0.05, 0) is 56.3 Å². The molecule has 12 nitrogen and oxygen atoms in total. The molecule has 1 spiro atoms. The Morgan fingerprint density at radius 1 is 0.909 bits per heavy atom. The zero-order valence-corrected chi connectivity index (χ0v) is 32.7. The highest BCUT2D eigenvalue weighted by Crippen LogP contribution is 2.43. The minimum absolute atomic E-state index is 0.146. The molecule has 16 heteroatoms. The van der Waals surface area contributed by atoms with E-state index in [9.17, 15) is 23.2 Å². The first-order valence-corrected chi connectivity index (χ1v) is 18.9. The maximum atomic E-state index is 13.8. The number of pyridine rings is 1. The minimum Gasteiger partial charge on any atom is -0.481 e. The lowest BCUT2D eigenvalue weighted by Gasteiger charge is -2.20. The molecule has 2 aromatic carbocycles. The lowest BCUT2D eigenvalue weighted by molar-refractivity contribution is -0.119. The number of nitrogens with zero attached hydrogens (tertiary/aromatic N) is 5. The van der Waals surface area contributed by atoms with Crippen molar-refractivity contribution in [3.8, 4) is 28.3 Å². The molecule has 2 aliphatic heterocycles. The van der Waals surface area contributed by atoms with Crippen LogP contribution in [0.4, 0.5) is 20.3 Å². The largest absolute Gasteiger partial charge is 0.481 e. The summed E-state index contributed by atoms with van der Waals surface area (Å²) >= 11 is 13.9. The molecule has 2 saturated heterocycles. The molecule has 3 aliphatic rings. The van der Waals surface area contributed by atoms with Crippen LogP contribution < -0.4 is 31.9 Å². The number of aromatic nitrogens is 5. The molecule has 290 valence electrons. The number of aryl methyl sites for hydroxylation is 2. The molecule has 0 bridgehead atoms. The van der Waals surface area contributed by atoms with Gasteiger partial charge in [-0.3, -0.25) is 18.7 Å². The first kappa shape index (κ1) is 39.8. The number of fused-ring (bicyclic) bond motifs is 2. The average molecular weight is 796 g/mol. The predicted octanol–water partition coefficient (Wildman–Crippen LogP) is 6.90. The summed E-state index contributed by atoms with van der Waals surface area (Å²) in [6, 6.07) is 12.6. The summed E-state index contributed by atoms with van der Waals surface area (Å²) in [6.45, 7) is 6.03. The second-order valence-electron chi connectivity index (χ2n) is 13.4. The van der Waals surface area contributed by atoms with Crippen LogP contribution in [0.2, 0.25) is 10.0 Å². The summed E-state index contributed by atoms with van der Waals surface area (Å²) in [5.74, 6) is -0.258. The van der Waals surface area contributed by atoms with Crippen LogP contribution in [0.5, 0.6) is 5.88 Å².